The van der Waals surface area contributed by atoms with Crippen molar-refractivity contribution < 1.29 is 22.6 Å². The van der Waals surface area contributed by atoms with Gasteiger partial charge in [-0.2, -0.15) is 23.4 Å². The maximum Gasteiger partial charge on any atom is 0.435 e. The highest BCUT2D eigenvalue weighted by Gasteiger charge is 2.38. The zero-order chi connectivity index (χ0) is 24.7. The topological polar surface area (TPSA) is 92.0 Å². The van der Waals surface area contributed by atoms with Crippen LogP contribution in [0.2, 0.25) is 0 Å². The highest BCUT2D eigenvalue weighted by atomic mass is 19.4. The van der Waals surface area contributed by atoms with E-state index in [0.717, 1.165) is 85.9 Å². The average Bonchev–Trinajstić information content (AvgIpc) is 3.56. The Kier molecular flexibility index (Phi) is 6.04. The van der Waals surface area contributed by atoms with Crippen molar-refractivity contribution in [3.8, 4) is 17.0 Å². The van der Waals surface area contributed by atoms with Crippen LogP contribution in [0.4, 0.5) is 13.2 Å². The Hall–Kier alpha value is -3.18. The molecule has 0 amide bonds. The average molecular weight is 501 g/mol. The molecule has 190 valence electrons. The molecule has 0 bridgehead atoms. The van der Waals surface area contributed by atoms with E-state index in [-0.39, 0.29) is 5.56 Å². The van der Waals surface area contributed by atoms with Crippen molar-refractivity contribution in [2.45, 2.75) is 38.3 Å². The molecule has 1 aromatic carbocycles. The number of ether oxygens (including phenoxy) is 2. The molecule has 1 saturated heterocycles. The zero-order valence-electron chi connectivity index (χ0n) is 19.7. The summed E-state index contributed by atoms with van der Waals surface area (Å²) in [6.07, 6.45) is 2.59. The van der Waals surface area contributed by atoms with Crippen LogP contribution in [0.3, 0.4) is 0 Å². The van der Waals surface area contributed by atoms with E-state index in [1.807, 2.05) is 6.07 Å². The number of nitrogens with zero attached hydrogens (tertiary/aromatic N) is 4. The van der Waals surface area contributed by atoms with Crippen molar-refractivity contribution in [3.63, 3.8) is 0 Å². The second kappa shape index (κ2) is 9.36. The Labute approximate surface area is 205 Å². The summed E-state index contributed by atoms with van der Waals surface area (Å²) in [6, 6.07) is 1.85. The van der Waals surface area contributed by atoms with E-state index in [1.54, 1.807) is 6.20 Å². The summed E-state index contributed by atoms with van der Waals surface area (Å²) < 4.78 is 52.9. The van der Waals surface area contributed by atoms with Gasteiger partial charge in [-0.1, -0.05) is 0 Å². The summed E-state index contributed by atoms with van der Waals surface area (Å²) >= 11 is 0. The Morgan fingerprint density at radius 2 is 1.92 bits per heavy atom. The van der Waals surface area contributed by atoms with Crippen molar-refractivity contribution in [1.82, 2.24) is 30.3 Å². The fourth-order valence-electron chi connectivity index (χ4n) is 5.41. The van der Waals surface area contributed by atoms with Gasteiger partial charge in [-0.15, -0.1) is 0 Å². The fourth-order valence-corrected chi connectivity index (χ4v) is 5.41. The van der Waals surface area contributed by atoms with Gasteiger partial charge >= 0.3 is 6.18 Å². The maximum absolute atomic E-state index is 13.8. The van der Waals surface area contributed by atoms with Gasteiger partial charge in [0.15, 0.2) is 5.69 Å². The number of hydrogen-bond donors (Lipinski definition) is 2. The summed E-state index contributed by atoms with van der Waals surface area (Å²) in [6.45, 7) is 4.67. The minimum Gasteiger partial charge on any atom is -0.491 e. The van der Waals surface area contributed by atoms with E-state index in [1.165, 1.54) is 6.20 Å². The molecular weight excluding hydrogens is 473 g/mol. The molecule has 4 aromatic rings. The number of hydrogen-bond acceptors (Lipinski definition) is 6. The van der Waals surface area contributed by atoms with E-state index in [0.29, 0.717) is 30.0 Å². The second-order valence-corrected chi connectivity index (χ2v) is 9.36. The van der Waals surface area contributed by atoms with Crippen molar-refractivity contribution >= 4 is 21.8 Å². The molecule has 11 heteroatoms. The summed E-state index contributed by atoms with van der Waals surface area (Å²) in [5.74, 6) is 0.551. The lowest BCUT2D eigenvalue weighted by Gasteiger charge is -2.26. The molecular formula is C25H27F3N6O2. The number of H-pyrrole nitrogens is 2. The van der Waals surface area contributed by atoms with Gasteiger partial charge in [-0.05, 0) is 43.2 Å². The summed E-state index contributed by atoms with van der Waals surface area (Å²) in [5.41, 5.74) is 2.65. The van der Waals surface area contributed by atoms with Crippen LogP contribution < -0.4 is 4.74 Å². The standard InChI is InChI=1S/C25H27F3N6O2/c26-25(27,28)24-18(14-30-33-24)22-16-5-2-1-4-15(16)21-17-13-29-32-19(17)12-20(23(21)31-22)36-9-3-6-34-7-10-35-11-8-34/h12-14H,1-11H2,(H,29,32)(H,30,33). The lowest BCUT2D eigenvalue weighted by molar-refractivity contribution is -0.140. The van der Waals surface area contributed by atoms with Crippen LogP contribution in [0.5, 0.6) is 5.75 Å². The third-order valence-electron chi connectivity index (χ3n) is 7.11. The van der Waals surface area contributed by atoms with E-state index >= 15 is 0 Å². The number of rotatable bonds is 6. The maximum atomic E-state index is 13.8. The Bertz CT molecular complexity index is 1390. The molecule has 1 aliphatic heterocycles. The van der Waals surface area contributed by atoms with Crippen molar-refractivity contribution in [2.24, 2.45) is 0 Å². The van der Waals surface area contributed by atoms with Crippen LogP contribution in [0.1, 0.15) is 36.1 Å². The molecule has 1 aliphatic carbocycles. The molecule has 36 heavy (non-hydrogen) atoms. The number of benzene rings is 1. The molecule has 2 aliphatic rings. The third-order valence-corrected chi connectivity index (χ3v) is 7.11. The normalized spacial score (nSPS) is 17.1. The quantitative estimate of drug-likeness (QED) is 0.379. The number of alkyl halides is 3. The molecule has 1 fully saturated rings. The highest BCUT2D eigenvalue weighted by Crippen LogP contribution is 2.43. The smallest absolute Gasteiger partial charge is 0.435 e. The lowest BCUT2D eigenvalue weighted by atomic mass is 9.85. The molecule has 2 N–H and O–H groups in total. The van der Waals surface area contributed by atoms with Gasteiger partial charge in [0.2, 0.25) is 0 Å². The van der Waals surface area contributed by atoms with Crippen LogP contribution in [0, 0.1) is 0 Å². The predicted molar refractivity (Wildman–Crippen MR) is 128 cm³/mol. The molecule has 8 nitrogen and oxygen atoms in total. The van der Waals surface area contributed by atoms with Crippen molar-refractivity contribution in [1.29, 1.82) is 0 Å². The largest absolute Gasteiger partial charge is 0.491 e. The molecule has 0 atom stereocenters. The van der Waals surface area contributed by atoms with Gasteiger partial charge in [-0.25, -0.2) is 4.98 Å². The Balaban J connectivity index is 1.44. The van der Waals surface area contributed by atoms with E-state index in [4.69, 9.17) is 14.5 Å². The summed E-state index contributed by atoms with van der Waals surface area (Å²) in [5, 5.41) is 15.0. The number of aryl methyl sites for hydroxylation is 1. The van der Waals surface area contributed by atoms with Crippen LogP contribution in [0.15, 0.2) is 18.5 Å². The number of fused-ring (bicyclic) bond motifs is 5. The van der Waals surface area contributed by atoms with E-state index < -0.39 is 11.9 Å². The molecule has 6 rings (SSSR count). The fraction of sp³-hybridized carbons (Fsp3) is 0.480. The minimum absolute atomic E-state index is 0.0203. The first kappa shape index (κ1) is 23.2. The van der Waals surface area contributed by atoms with Crippen LogP contribution in [0.25, 0.3) is 33.1 Å². The van der Waals surface area contributed by atoms with Crippen molar-refractivity contribution in [2.75, 3.05) is 39.5 Å². The third kappa shape index (κ3) is 4.20. The lowest BCUT2D eigenvalue weighted by Crippen LogP contribution is -2.37. The van der Waals surface area contributed by atoms with Gasteiger partial charge < -0.3 is 9.47 Å². The summed E-state index contributed by atoms with van der Waals surface area (Å²) in [7, 11) is 0. The highest BCUT2D eigenvalue weighted by molar-refractivity contribution is 6.10. The summed E-state index contributed by atoms with van der Waals surface area (Å²) in [4.78, 5) is 7.19. The minimum atomic E-state index is -4.58. The van der Waals surface area contributed by atoms with Crippen LogP contribution >= 0.6 is 0 Å². The molecule has 0 spiro atoms. The zero-order valence-corrected chi connectivity index (χ0v) is 19.7. The molecule has 3 aromatic heterocycles. The monoisotopic (exact) mass is 500 g/mol. The van der Waals surface area contributed by atoms with Crippen LogP contribution in [-0.4, -0.2) is 69.7 Å². The number of aromatic amines is 2. The SMILES string of the molecule is FC(F)(F)c1n[nH]cc1-c1nc2c(OCCCN3CCOCC3)cc3[nH]ncc3c2c2c1CCCC2. The van der Waals surface area contributed by atoms with E-state index in [9.17, 15) is 13.2 Å². The van der Waals surface area contributed by atoms with Gasteiger partial charge in [-0.3, -0.25) is 15.1 Å². The Morgan fingerprint density at radius 1 is 1.11 bits per heavy atom. The van der Waals surface area contributed by atoms with Gasteiger partial charge in [0, 0.05) is 42.7 Å². The first-order valence-electron chi connectivity index (χ1n) is 12.4. The Morgan fingerprint density at radius 3 is 2.72 bits per heavy atom. The van der Waals surface area contributed by atoms with Crippen LogP contribution in [-0.2, 0) is 23.8 Å². The number of nitrogens with one attached hydrogen (secondary N) is 2. The molecule has 0 saturated carbocycles. The molecule has 4 heterocycles. The first-order valence-corrected chi connectivity index (χ1v) is 12.4. The van der Waals surface area contributed by atoms with E-state index in [2.05, 4.69) is 25.3 Å². The number of pyridine rings is 1. The number of aromatic nitrogens is 5. The molecule has 0 unspecified atom stereocenters. The number of halogens is 3. The molecule has 0 radical (unpaired) electrons. The van der Waals surface area contributed by atoms with Gasteiger partial charge in [0.1, 0.15) is 11.3 Å². The predicted octanol–water partition coefficient (Wildman–Crippen LogP) is 4.50. The second-order valence-electron chi connectivity index (χ2n) is 9.36. The number of morpholine rings is 1. The van der Waals surface area contributed by atoms with Gasteiger partial charge in [0.05, 0.1) is 42.8 Å². The first-order chi connectivity index (χ1) is 17.5. The van der Waals surface area contributed by atoms with Gasteiger partial charge in [0.25, 0.3) is 0 Å². The van der Waals surface area contributed by atoms with Crippen molar-refractivity contribution in [3.05, 3.63) is 35.3 Å².